The smallest absolute Gasteiger partial charge is 0.216 e. The SMILES string of the molecule is CC(=O)NCCc1nc2ccccc2n1CCN1CCOCC1. The molecule has 6 nitrogen and oxygen atoms in total. The first-order valence-corrected chi connectivity index (χ1v) is 8.23. The van der Waals surface area contributed by atoms with Crippen molar-refractivity contribution >= 4 is 16.9 Å². The predicted octanol–water partition coefficient (Wildman–Crippen LogP) is 1.05. The van der Waals surface area contributed by atoms with Crippen LogP contribution < -0.4 is 5.32 Å². The van der Waals surface area contributed by atoms with E-state index in [1.807, 2.05) is 18.2 Å². The summed E-state index contributed by atoms with van der Waals surface area (Å²) in [5.41, 5.74) is 2.19. The lowest BCUT2D eigenvalue weighted by Crippen LogP contribution is -2.38. The molecular formula is C17H24N4O2. The lowest BCUT2D eigenvalue weighted by atomic mass is 10.3. The minimum atomic E-state index is 0.000905. The molecule has 0 unspecified atom stereocenters. The van der Waals surface area contributed by atoms with Crippen molar-refractivity contribution in [2.45, 2.75) is 19.9 Å². The Morgan fingerprint density at radius 2 is 2.04 bits per heavy atom. The number of amides is 1. The van der Waals surface area contributed by atoms with Gasteiger partial charge in [-0.1, -0.05) is 12.1 Å². The van der Waals surface area contributed by atoms with Gasteiger partial charge in [0, 0.05) is 46.1 Å². The Balaban J connectivity index is 1.73. The number of benzene rings is 1. The van der Waals surface area contributed by atoms with E-state index in [1.54, 1.807) is 6.92 Å². The van der Waals surface area contributed by atoms with Crippen LogP contribution in [0.2, 0.25) is 0 Å². The van der Waals surface area contributed by atoms with Crippen molar-refractivity contribution in [3.63, 3.8) is 0 Å². The molecule has 1 aliphatic rings. The number of morpholine rings is 1. The number of nitrogens with one attached hydrogen (secondary N) is 1. The van der Waals surface area contributed by atoms with Gasteiger partial charge in [-0.2, -0.15) is 0 Å². The molecule has 1 aliphatic heterocycles. The van der Waals surface area contributed by atoms with E-state index in [0.29, 0.717) is 6.54 Å². The van der Waals surface area contributed by atoms with E-state index in [4.69, 9.17) is 9.72 Å². The molecule has 1 fully saturated rings. The standard InChI is InChI=1S/C17H24N4O2/c1-14(22)18-7-6-17-19-15-4-2-3-5-16(15)21(17)9-8-20-10-12-23-13-11-20/h2-5H,6-13H2,1H3,(H,18,22). The number of carbonyl (C=O) groups excluding carboxylic acids is 1. The second-order valence-electron chi connectivity index (χ2n) is 5.86. The Morgan fingerprint density at radius 3 is 2.83 bits per heavy atom. The van der Waals surface area contributed by atoms with E-state index in [9.17, 15) is 4.79 Å². The molecule has 2 aromatic rings. The van der Waals surface area contributed by atoms with Crippen molar-refractivity contribution in [2.75, 3.05) is 39.4 Å². The van der Waals surface area contributed by atoms with Crippen LogP contribution in [0.5, 0.6) is 0 Å². The van der Waals surface area contributed by atoms with Gasteiger partial charge >= 0.3 is 0 Å². The highest BCUT2D eigenvalue weighted by molar-refractivity contribution is 5.76. The molecule has 0 saturated carbocycles. The number of para-hydroxylation sites is 2. The van der Waals surface area contributed by atoms with E-state index in [-0.39, 0.29) is 5.91 Å². The molecule has 0 radical (unpaired) electrons. The van der Waals surface area contributed by atoms with Gasteiger partial charge in [-0.15, -0.1) is 0 Å². The molecular weight excluding hydrogens is 292 g/mol. The maximum Gasteiger partial charge on any atom is 0.216 e. The van der Waals surface area contributed by atoms with E-state index in [1.165, 1.54) is 5.52 Å². The number of carbonyl (C=O) groups is 1. The third-order valence-electron chi connectivity index (χ3n) is 4.20. The van der Waals surface area contributed by atoms with Gasteiger partial charge in [0.25, 0.3) is 0 Å². The first kappa shape index (κ1) is 16.0. The van der Waals surface area contributed by atoms with Crippen LogP contribution in [-0.2, 0) is 22.5 Å². The summed E-state index contributed by atoms with van der Waals surface area (Å²) in [5, 5.41) is 2.85. The molecule has 1 saturated heterocycles. The Kier molecular flexibility index (Phi) is 5.25. The molecule has 1 aromatic carbocycles. The molecule has 1 amide bonds. The molecule has 0 atom stereocenters. The molecule has 3 rings (SSSR count). The second-order valence-corrected chi connectivity index (χ2v) is 5.86. The zero-order chi connectivity index (χ0) is 16.1. The molecule has 6 heteroatoms. The van der Waals surface area contributed by atoms with Crippen molar-refractivity contribution in [3.8, 4) is 0 Å². The Bertz CT molecular complexity index is 662. The molecule has 0 bridgehead atoms. The fourth-order valence-electron chi connectivity index (χ4n) is 2.98. The Hall–Kier alpha value is -1.92. The highest BCUT2D eigenvalue weighted by Crippen LogP contribution is 2.16. The molecule has 1 aromatic heterocycles. The van der Waals surface area contributed by atoms with Crippen LogP contribution in [-0.4, -0.2) is 59.8 Å². The number of ether oxygens (including phenoxy) is 1. The lowest BCUT2D eigenvalue weighted by molar-refractivity contribution is -0.118. The average Bonchev–Trinajstić information content (AvgIpc) is 2.91. The lowest BCUT2D eigenvalue weighted by Gasteiger charge is -2.27. The van der Waals surface area contributed by atoms with E-state index in [2.05, 4.69) is 20.9 Å². The van der Waals surface area contributed by atoms with Gasteiger partial charge in [0.05, 0.1) is 24.2 Å². The minimum absolute atomic E-state index is 0.000905. The number of hydrogen-bond donors (Lipinski definition) is 1. The summed E-state index contributed by atoms with van der Waals surface area (Å²) in [6, 6.07) is 8.22. The van der Waals surface area contributed by atoms with Crippen LogP contribution >= 0.6 is 0 Å². The van der Waals surface area contributed by atoms with Gasteiger partial charge < -0.3 is 14.6 Å². The topological polar surface area (TPSA) is 59.4 Å². The number of fused-ring (bicyclic) bond motifs is 1. The van der Waals surface area contributed by atoms with E-state index < -0.39 is 0 Å². The monoisotopic (exact) mass is 316 g/mol. The van der Waals surface area contributed by atoms with Gasteiger partial charge in [0.15, 0.2) is 0 Å². The first-order chi connectivity index (χ1) is 11.2. The first-order valence-electron chi connectivity index (χ1n) is 8.23. The normalized spacial score (nSPS) is 15.9. The third-order valence-corrected chi connectivity index (χ3v) is 4.20. The van der Waals surface area contributed by atoms with Crippen LogP contribution in [0.3, 0.4) is 0 Å². The Labute approximate surface area is 136 Å². The van der Waals surface area contributed by atoms with Crippen LogP contribution in [0.4, 0.5) is 0 Å². The van der Waals surface area contributed by atoms with Gasteiger partial charge in [-0.25, -0.2) is 4.98 Å². The molecule has 2 heterocycles. The fourth-order valence-corrected chi connectivity index (χ4v) is 2.98. The summed E-state index contributed by atoms with van der Waals surface area (Å²) in [6.45, 7) is 7.70. The zero-order valence-corrected chi connectivity index (χ0v) is 13.6. The van der Waals surface area contributed by atoms with Crippen molar-refractivity contribution in [2.24, 2.45) is 0 Å². The van der Waals surface area contributed by atoms with Crippen LogP contribution in [0.1, 0.15) is 12.7 Å². The van der Waals surface area contributed by atoms with Gasteiger partial charge in [0.2, 0.25) is 5.91 Å². The summed E-state index contributed by atoms with van der Waals surface area (Å²) in [5.74, 6) is 1.04. The second kappa shape index (κ2) is 7.57. The number of hydrogen-bond acceptors (Lipinski definition) is 4. The summed E-state index contributed by atoms with van der Waals surface area (Å²) in [7, 11) is 0. The van der Waals surface area contributed by atoms with Crippen molar-refractivity contribution in [3.05, 3.63) is 30.1 Å². The molecule has 1 N–H and O–H groups in total. The average molecular weight is 316 g/mol. The number of aromatic nitrogens is 2. The van der Waals surface area contributed by atoms with E-state index >= 15 is 0 Å². The molecule has 23 heavy (non-hydrogen) atoms. The number of imidazole rings is 1. The molecule has 0 aliphatic carbocycles. The van der Waals surface area contributed by atoms with Crippen molar-refractivity contribution < 1.29 is 9.53 Å². The summed E-state index contributed by atoms with van der Waals surface area (Å²) < 4.78 is 7.69. The quantitative estimate of drug-likeness (QED) is 0.865. The molecule has 0 spiro atoms. The Morgan fingerprint density at radius 1 is 1.26 bits per heavy atom. The largest absolute Gasteiger partial charge is 0.379 e. The van der Waals surface area contributed by atoms with Gasteiger partial charge in [-0.3, -0.25) is 9.69 Å². The van der Waals surface area contributed by atoms with Gasteiger partial charge in [0.1, 0.15) is 5.82 Å². The van der Waals surface area contributed by atoms with Crippen LogP contribution in [0.25, 0.3) is 11.0 Å². The highest BCUT2D eigenvalue weighted by atomic mass is 16.5. The maximum absolute atomic E-state index is 11.1. The van der Waals surface area contributed by atoms with Crippen LogP contribution in [0, 0.1) is 0 Å². The highest BCUT2D eigenvalue weighted by Gasteiger charge is 2.14. The maximum atomic E-state index is 11.1. The van der Waals surface area contributed by atoms with Gasteiger partial charge in [-0.05, 0) is 12.1 Å². The predicted molar refractivity (Wildman–Crippen MR) is 89.4 cm³/mol. The minimum Gasteiger partial charge on any atom is -0.379 e. The van der Waals surface area contributed by atoms with Crippen LogP contribution in [0.15, 0.2) is 24.3 Å². The third kappa shape index (κ3) is 4.09. The fraction of sp³-hybridized carbons (Fsp3) is 0.529. The summed E-state index contributed by atoms with van der Waals surface area (Å²) in [6.07, 6.45) is 0.747. The summed E-state index contributed by atoms with van der Waals surface area (Å²) >= 11 is 0. The number of rotatable bonds is 6. The molecule has 124 valence electrons. The van der Waals surface area contributed by atoms with Crippen molar-refractivity contribution in [1.82, 2.24) is 19.8 Å². The van der Waals surface area contributed by atoms with E-state index in [0.717, 1.165) is 57.2 Å². The summed E-state index contributed by atoms with van der Waals surface area (Å²) in [4.78, 5) is 18.2. The zero-order valence-electron chi connectivity index (χ0n) is 13.6. The van der Waals surface area contributed by atoms with Crippen molar-refractivity contribution in [1.29, 1.82) is 0 Å². The number of nitrogens with zero attached hydrogens (tertiary/aromatic N) is 3.